The molecular formula is C25H24N2O5. The Hall–Kier alpha value is -3.70. The number of allylic oxidation sites excluding steroid dienone is 2. The van der Waals surface area contributed by atoms with Crippen LogP contribution in [0.3, 0.4) is 0 Å². The maximum atomic E-state index is 12.1. The van der Waals surface area contributed by atoms with Crippen molar-refractivity contribution in [2.75, 3.05) is 18.5 Å². The molecule has 32 heavy (non-hydrogen) atoms. The summed E-state index contributed by atoms with van der Waals surface area (Å²) < 4.78 is 10.4. The molecule has 0 heterocycles. The molecule has 3 unspecified atom stereocenters. The van der Waals surface area contributed by atoms with Crippen molar-refractivity contribution in [1.29, 1.82) is 0 Å². The summed E-state index contributed by atoms with van der Waals surface area (Å²) in [6.45, 7) is 0.0657. The first-order valence-corrected chi connectivity index (χ1v) is 10.7. The standard InChI is InChI=1S/C25H24N2O5/c28-16-26-21-7-2-17(3-8-21)13-18-4-9-22(10-5-18)27-25(30)32-12-11-31-24(29)23-15-19-1-6-20(23)14-19/h1-10,19-20,23H,11-15H2,(H,27,30). The Kier molecular flexibility index (Phi) is 6.78. The van der Waals surface area contributed by atoms with E-state index in [1.165, 1.54) is 6.08 Å². The quantitative estimate of drug-likeness (QED) is 0.217. The Morgan fingerprint density at radius 3 is 2.25 bits per heavy atom. The highest BCUT2D eigenvalue weighted by atomic mass is 16.6. The summed E-state index contributed by atoms with van der Waals surface area (Å²) in [5, 5.41) is 2.66. The Balaban J connectivity index is 1.16. The van der Waals surface area contributed by atoms with Crippen LogP contribution >= 0.6 is 0 Å². The van der Waals surface area contributed by atoms with Crippen molar-refractivity contribution in [3.05, 3.63) is 71.8 Å². The van der Waals surface area contributed by atoms with Gasteiger partial charge in [0.25, 0.3) is 0 Å². The molecule has 1 fully saturated rings. The molecule has 0 aliphatic heterocycles. The molecule has 4 rings (SSSR count). The van der Waals surface area contributed by atoms with E-state index in [1.54, 1.807) is 24.3 Å². The Morgan fingerprint density at radius 1 is 0.938 bits per heavy atom. The molecule has 0 aromatic heterocycles. The summed E-state index contributed by atoms with van der Waals surface area (Å²) in [6.07, 6.45) is 7.82. The van der Waals surface area contributed by atoms with Crippen LogP contribution in [-0.4, -0.2) is 31.4 Å². The van der Waals surface area contributed by atoms with Gasteiger partial charge in [0.1, 0.15) is 13.2 Å². The number of ether oxygens (including phenoxy) is 2. The molecule has 0 radical (unpaired) electrons. The minimum atomic E-state index is -0.594. The first-order chi connectivity index (χ1) is 15.6. The van der Waals surface area contributed by atoms with E-state index in [1.807, 2.05) is 24.3 Å². The van der Waals surface area contributed by atoms with E-state index in [4.69, 9.17) is 9.47 Å². The van der Waals surface area contributed by atoms with Crippen LogP contribution in [0.2, 0.25) is 0 Å². The minimum Gasteiger partial charge on any atom is -0.462 e. The molecule has 2 aliphatic rings. The number of carbonyl (C=O) groups is 2. The van der Waals surface area contributed by atoms with Crippen LogP contribution in [0, 0.1) is 17.8 Å². The van der Waals surface area contributed by atoms with Gasteiger partial charge >= 0.3 is 12.1 Å². The van der Waals surface area contributed by atoms with Gasteiger partial charge in [-0.15, -0.1) is 0 Å². The molecule has 164 valence electrons. The van der Waals surface area contributed by atoms with E-state index in [9.17, 15) is 14.4 Å². The highest BCUT2D eigenvalue weighted by Gasteiger charge is 2.40. The van der Waals surface area contributed by atoms with Gasteiger partial charge in [-0.1, -0.05) is 36.4 Å². The largest absolute Gasteiger partial charge is 0.462 e. The third kappa shape index (κ3) is 5.50. The van der Waals surface area contributed by atoms with Crippen LogP contribution < -0.4 is 5.32 Å². The monoisotopic (exact) mass is 432 g/mol. The highest BCUT2D eigenvalue weighted by molar-refractivity contribution is 5.84. The van der Waals surface area contributed by atoms with Crippen LogP contribution in [0.25, 0.3) is 0 Å². The molecular weight excluding hydrogens is 408 g/mol. The predicted molar refractivity (Wildman–Crippen MR) is 118 cm³/mol. The zero-order valence-electron chi connectivity index (χ0n) is 17.5. The number of aliphatic imine (C=N–C) groups is 1. The van der Waals surface area contributed by atoms with E-state index >= 15 is 0 Å². The number of benzene rings is 2. The number of amides is 1. The van der Waals surface area contributed by atoms with Crippen molar-refractivity contribution >= 4 is 29.5 Å². The number of isocyanates is 1. The fraction of sp³-hybridized carbons (Fsp3) is 0.320. The molecule has 1 N–H and O–H groups in total. The second-order valence-corrected chi connectivity index (χ2v) is 8.06. The van der Waals surface area contributed by atoms with Crippen LogP contribution in [0.1, 0.15) is 24.0 Å². The average Bonchev–Trinajstić information content (AvgIpc) is 3.43. The molecule has 3 atom stereocenters. The van der Waals surface area contributed by atoms with Crippen molar-refractivity contribution in [2.24, 2.45) is 22.7 Å². The Labute approximate surface area is 186 Å². The fourth-order valence-electron chi connectivity index (χ4n) is 4.27. The number of anilines is 1. The molecule has 0 spiro atoms. The zero-order chi connectivity index (χ0) is 22.3. The Bertz CT molecular complexity index is 1040. The maximum absolute atomic E-state index is 12.1. The number of fused-ring (bicyclic) bond motifs is 2. The molecule has 7 heteroatoms. The van der Waals surface area contributed by atoms with Crippen molar-refractivity contribution in [3.8, 4) is 0 Å². The second kappa shape index (κ2) is 10.1. The topological polar surface area (TPSA) is 94.1 Å². The first kappa shape index (κ1) is 21.5. The van der Waals surface area contributed by atoms with E-state index < -0.39 is 6.09 Å². The number of nitrogens with zero attached hydrogens (tertiary/aromatic N) is 1. The van der Waals surface area contributed by atoms with Crippen molar-refractivity contribution in [3.63, 3.8) is 0 Å². The van der Waals surface area contributed by atoms with Gasteiger partial charge in [-0.3, -0.25) is 10.1 Å². The number of hydrogen-bond acceptors (Lipinski definition) is 6. The molecule has 7 nitrogen and oxygen atoms in total. The van der Waals surface area contributed by atoms with E-state index in [-0.39, 0.29) is 25.1 Å². The normalized spacial score (nSPS) is 20.4. The summed E-state index contributed by atoms with van der Waals surface area (Å²) in [5.74, 6) is 0.554. The van der Waals surface area contributed by atoms with Gasteiger partial charge < -0.3 is 9.47 Å². The molecule has 1 saturated carbocycles. The van der Waals surface area contributed by atoms with Crippen molar-refractivity contribution in [2.45, 2.75) is 19.3 Å². The molecule has 2 bridgehead atoms. The summed E-state index contributed by atoms with van der Waals surface area (Å²) in [6, 6.07) is 14.8. The van der Waals surface area contributed by atoms with Gasteiger partial charge in [0.05, 0.1) is 11.6 Å². The predicted octanol–water partition coefficient (Wildman–Crippen LogP) is 4.55. The molecule has 0 saturated heterocycles. The highest BCUT2D eigenvalue weighted by Crippen LogP contribution is 2.43. The number of hydrogen-bond donors (Lipinski definition) is 1. The summed E-state index contributed by atoms with van der Waals surface area (Å²) in [5.41, 5.74) is 3.32. The van der Waals surface area contributed by atoms with E-state index in [2.05, 4.69) is 22.5 Å². The molecule has 1 amide bonds. The van der Waals surface area contributed by atoms with Gasteiger partial charge in [0, 0.05) is 5.69 Å². The third-order valence-corrected chi connectivity index (χ3v) is 5.86. The SMILES string of the molecule is O=C=Nc1ccc(Cc2ccc(NC(=O)OCCOC(=O)C3CC4C=CC3C4)cc2)cc1. The smallest absolute Gasteiger partial charge is 0.411 e. The number of nitrogens with one attached hydrogen (secondary N) is 1. The maximum Gasteiger partial charge on any atom is 0.411 e. The van der Waals surface area contributed by atoms with Crippen LogP contribution in [0.4, 0.5) is 16.2 Å². The fourth-order valence-corrected chi connectivity index (χ4v) is 4.27. The molecule has 2 aromatic rings. The van der Waals surface area contributed by atoms with Crippen LogP contribution in [0.5, 0.6) is 0 Å². The zero-order valence-corrected chi connectivity index (χ0v) is 17.5. The average molecular weight is 432 g/mol. The van der Waals surface area contributed by atoms with Crippen LogP contribution in [0.15, 0.2) is 65.7 Å². The lowest BCUT2D eigenvalue weighted by Gasteiger charge is -2.16. The van der Waals surface area contributed by atoms with Gasteiger partial charge in [-0.05, 0) is 66.5 Å². The Morgan fingerprint density at radius 2 is 1.62 bits per heavy atom. The number of carbonyl (C=O) groups excluding carboxylic acids is 3. The summed E-state index contributed by atoms with van der Waals surface area (Å²) in [7, 11) is 0. The minimum absolute atomic E-state index is 0.0104. The van der Waals surface area contributed by atoms with Crippen molar-refractivity contribution in [1.82, 2.24) is 0 Å². The second-order valence-electron chi connectivity index (χ2n) is 8.06. The first-order valence-electron chi connectivity index (χ1n) is 10.7. The molecule has 2 aliphatic carbocycles. The van der Waals surface area contributed by atoms with Crippen molar-refractivity contribution < 1.29 is 23.9 Å². The van der Waals surface area contributed by atoms with Gasteiger partial charge in [-0.25, -0.2) is 9.59 Å². The lowest BCUT2D eigenvalue weighted by Crippen LogP contribution is -2.24. The molecule has 2 aromatic carbocycles. The van der Waals surface area contributed by atoms with Gasteiger partial charge in [0.2, 0.25) is 6.08 Å². The van der Waals surface area contributed by atoms with E-state index in [0.29, 0.717) is 29.6 Å². The van der Waals surface area contributed by atoms with Crippen LogP contribution in [-0.2, 0) is 25.5 Å². The lowest BCUT2D eigenvalue weighted by molar-refractivity contribution is -0.150. The number of esters is 1. The number of rotatable bonds is 8. The summed E-state index contributed by atoms with van der Waals surface area (Å²) in [4.78, 5) is 38.0. The summed E-state index contributed by atoms with van der Waals surface area (Å²) >= 11 is 0. The van der Waals surface area contributed by atoms with Gasteiger partial charge in [-0.2, -0.15) is 4.99 Å². The third-order valence-electron chi connectivity index (χ3n) is 5.86. The lowest BCUT2D eigenvalue weighted by atomic mass is 9.94. The van der Waals surface area contributed by atoms with E-state index in [0.717, 1.165) is 24.0 Å². The van der Waals surface area contributed by atoms with Gasteiger partial charge in [0.15, 0.2) is 0 Å².